The molecule has 0 aromatic carbocycles. The van der Waals surface area contributed by atoms with E-state index < -0.39 is 17.5 Å². The highest BCUT2D eigenvalue weighted by Crippen LogP contribution is 2.26. The number of alkyl halides is 2. The van der Waals surface area contributed by atoms with E-state index in [9.17, 15) is 13.6 Å². The third-order valence-corrected chi connectivity index (χ3v) is 2.00. The zero-order valence-electron chi connectivity index (χ0n) is 5.77. The van der Waals surface area contributed by atoms with Gasteiger partial charge in [-0.3, -0.25) is 4.79 Å². The van der Waals surface area contributed by atoms with Gasteiger partial charge in [-0.25, -0.2) is 8.78 Å². The van der Waals surface area contributed by atoms with Crippen LogP contribution in [0.15, 0.2) is 15.5 Å². The molecule has 0 spiro atoms. The number of nitrogens with one attached hydrogen (secondary N) is 1. The third-order valence-electron chi connectivity index (χ3n) is 1.34. The first-order valence-electron chi connectivity index (χ1n) is 2.98. The van der Waals surface area contributed by atoms with E-state index in [0.717, 1.165) is 0 Å². The van der Waals surface area contributed by atoms with Crippen molar-refractivity contribution in [3.63, 3.8) is 0 Å². The topological polar surface area (TPSA) is 58.9 Å². The lowest BCUT2D eigenvalue weighted by molar-refractivity contribution is 0.150. The van der Waals surface area contributed by atoms with Gasteiger partial charge in [0, 0.05) is 6.20 Å². The molecule has 6 heteroatoms. The minimum Gasteiger partial charge on any atom is -0.397 e. The van der Waals surface area contributed by atoms with Crippen LogP contribution in [0.2, 0.25) is 0 Å². The summed E-state index contributed by atoms with van der Waals surface area (Å²) in [5, 5.41) is 0. The molecule has 66 valence electrons. The van der Waals surface area contributed by atoms with Crippen LogP contribution in [0, 0.1) is 0 Å². The van der Waals surface area contributed by atoms with Crippen molar-refractivity contribution in [2.45, 2.75) is 6.43 Å². The van der Waals surface area contributed by atoms with Crippen molar-refractivity contribution in [3.05, 3.63) is 26.6 Å². The summed E-state index contributed by atoms with van der Waals surface area (Å²) in [6.45, 7) is 0. The van der Waals surface area contributed by atoms with Gasteiger partial charge in [-0.15, -0.1) is 0 Å². The Morgan fingerprint density at radius 3 is 2.58 bits per heavy atom. The molecule has 0 saturated carbocycles. The molecule has 0 aliphatic heterocycles. The molecule has 12 heavy (non-hydrogen) atoms. The summed E-state index contributed by atoms with van der Waals surface area (Å²) >= 11 is 2.92. The molecule has 0 fully saturated rings. The van der Waals surface area contributed by atoms with E-state index in [4.69, 9.17) is 5.73 Å². The zero-order chi connectivity index (χ0) is 9.30. The fourth-order valence-corrected chi connectivity index (χ4v) is 1.08. The van der Waals surface area contributed by atoms with Gasteiger partial charge in [0.05, 0.1) is 10.2 Å². The van der Waals surface area contributed by atoms with Gasteiger partial charge in [0.1, 0.15) is 5.56 Å². The Hall–Kier alpha value is -0.910. The fraction of sp³-hybridized carbons (Fsp3) is 0.167. The van der Waals surface area contributed by atoms with Crippen LogP contribution in [-0.4, -0.2) is 4.98 Å². The lowest BCUT2D eigenvalue weighted by Gasteiger charge is -2.03. The summed E-state index contributed by atoms with van der Waals surface area (Å²) < 4.78 is 24.6. The number of nitrogens with two attached hydrogens (primary N) is 1. The summed E-state index contributed by atoms with van der Waals surface area (Å²) in [7, 11) is 0. The molecule has 1 aromatic heterocycles. The number of halogens is 3. The molecule has 1 aromatic rings. The molecular weight excluding hydrogens is 234 g/mol. The Morgan fingerprint density at radius 1 is 1.58 bits per heavy atom. The van der Waals surface area contributed by atoms with Gasteiger partial charge in [0.15, 0.2) is 0 Å². The van der Waals surface area contributed by atoms with Gasteiger partial charge in [-0.05, 0) is 15.9 Å². The van der Waals surface area contributed by atoms with Gasteiger partial charge in [-0.2, -0.15) is 0 Å². The van der Waals surface area contributed by atoms with Crippen LogP contribution in [-0.2, 0) is 0 Å². The summed E-state index contributed by atoms with van der Waals surface area (Å²) in [4.78, 5) is 12.9. The van der Waals surface area contributed by atoms with E-state index in [1.807, 2.05) is 0 Å². The molecule has 0 amide bonds. The lowest BCUT2D eigenvalue weighted by atomic mass is 10.2. The van der Waals surface area contributed by atoms with E-state index in [1.54, 1.807) is 0 Å². The third kappa shape index (κ3) is 1.47. The van der Waals surface area contributed by atoms with Crippen molar-refractivity contribution in [2.24, 2.45) is 0 Å². The van der Waals surface area contributed by atoms with Gasteiger partial charge >= 0.3 is 0 Å². The molecule has 0 atom stereocenters. The molecular formula is C6H5BrF2N2O. The molecule has 0 radical (unpaired) electrons. The summed E-state index contributed by atoms with van der Waals surface area (Å²) in [6, 6.07) is 0. The largest absolute Gasteiger partial charge is 0.397 e. The van der Waals surface area contributed by atoms with Crippen LogP contribution in [0.1, 0.15) is 12.0 Å². The average molecular weight is 239 g/mol. The number of anilines is 1. The van der Waals surface area contributed by atoms with Crippen LogP contribution in [0.25, 0.3) is 0 Å². The van der Waals surface area contributed by atoms with E-state index in [1.165, 1.54) is 6.20 Å². The number of nitrogen functional groups attached to an aromatic ring is 1. The smallest absolute Gasteiger partial charge is 0.271 e. The number of aromatic amines is 1. The highest BCUT2D eigenvalue weighted by Gasteiger charge is 2.17. The molecule has 3 nitrogen and oxygen atoms in total. The molecule has 1 rings (SSSR count). The van der Waals surface area contributed by atoms with Crippen molar-refractivity contribution in [1.82, 2.24) is 4.98 Å². The SMILES string of the molecule is Nc1c(Br)c[nH]c(=O)c1C(F)F. The summed E-state index contributed by atoms with van der Waals surface area (Å²) in [5.74, 6) is 0. The maximum atomic E-state index is 12.1. The molecule has 0 unspecified atom stereocenters. The van der Waals surface area contributed by atoms with Gasteiger partial charge < -0.3 is 10.7 Å². The van der Waals surface area contributed by atoms with Crippen molar-refractivity contribution in [2.75, 3.05) is 5.73 Å². The molecule has 0 aliphatic rings. The first kappa shape index (κ1) is 9.18. The van der Waals surface area contributed by atoms with E-state index in [0.29, 0.717) is 0 Å². The Bertz CT molecular complexity index is 350. The van der Waals surface area contributed by atoms with Crippen LogP contribution < -0.4 is 11.3 Å². The Balaban J connectivity index is 3.43. The van der Waals surface area contributed by atoms with Crippen LogP contribution >= 0.6 is 15.9 Å². The number of aromatic nitrogens is 1. The number of hydrogen-bond acceptors (Lipinski definition) is 2. The second kappa shape index (κ2) is 3.22. The highest BCUT2D eigenvalue weighted by atomic mass is 79.9. The summed E-state index contributed by atoms with van der Waals surface area (Å²) in [6.07, 6.45) is -1.63. The van der Waals surface area contributed by atoms with Gasteiger partial charge in [0.2, 0.25) is 0 Å². The Labute approximate surface area is 74.7 Å². The van der Waals surface area contributed by atoms with Gasteiger partial charge in [0.25, 0.3) is 12.0 Å². The van der Waals surface area contributed by atoms with E-state index in [-0.39, 0.29) is 10.2 Å². The predicted molar refractivity (Wildman–Crippen MR) is 44.1 cm³/mol. The van der Waals surface area contributed by atoms with E-state index in [2.05, 4.69) is 20.9 Å². The van der Waals surface area contributed by atoms with Crippen molar-refractivity contribution in [1.29, 1.82) is 0 Å². The molecule has 3 N–H and O–H groups in total. The van der Waals surface area contributed by atoms with Gasteiger partial charge in [-0.1, -0.05) is 0 Å². The number of hydrogen-bond donors (Lipinski definition) is 2. The Kier molecular flexibility index (Phi) is 2.46. The molecule has 0 aliphatic carbocycles. The molecule has 0 bridgehead atoms. The predicted octanol–water partition coefficient (Wildman–Crippen LogP) is 1.66. The highest BCUT2D eigenvalue weighted by molar-refractivity contribution is 9.10. The standard InChI is InChI=1S/C6H5BrF2N2O/c7-2-1-11-6(12)3(4(2)10)5(8)9/h1,5H,(H3,10,11,12). The van der Waals surface area contributed by atoms with Crippen molar-refractivity contribution in [3.8, 4) is 0 Å². The molecule has 1 heterocycles. The van der Waals surface area contributed by atoms with Crippen LogP contribution in [0.3, 0.4) is 0 Å². The first-order valence-corrected chi connectivity index (χ1v) is 3.78. The van der Waals surface area contributed by atoms with E-state index >= 15 is 0 Å². The lowest BCUT2D eigenvalue weighted by Crippen LogP contribution is -2.15. The maximum absolute atomic E-state index is 12.1. The zero-order valence-corrected chi connectivity index (χ0v) is 7.36. The van der Waals surface area contributed by atoms with Crippen molar-refractivity contribution < 1.29 is 8.78 Å². The minimum absolute atomic E-state index is 0.214. The maximum Gasteiger partial charge on any atom is 0.271 e. The first-order chi connectivity index (χ1) is 5.54. The normalized spacial score (nSPS) is 10.7. The minimum atomic E-state index is -2.86. The number of H-pyrrole nitrogens is 1. The quantitative estimate of drug-likeness (QED) is 0.782. The molecule has 0 saturated heterocycles. The van der Waals surface area contributed by atoms with Crippen molar-refractivity contribution >= 4 is 21.6 Å². The Morgan fingerprint density at radius 2 is 2.17 bits per heavy atom. The summed E-state index contributed by atoms with van der Waals surface area (Å²) in [5.41, 5.74) is 3.48. The monoisotopic (exact) mass is 238 g/mol. The second-order valence-electron chi connectivity index (χ2n) is 2.09. The number of rotatable bonds is 1. The average Bonchev–Trinajstić information content (AvgIpc) is 1.97. The van der Waals surface area contributed by atoms with Crippen LogP contribution in [0.4, 0.5) is 14.5 Å². The van der Waals surface area contributed by atoms with Crippen LogP contribution in [0.5, 0.6) is 0 Å². The number of pyridine rings is 1. The second-order valence-corrected chi connectivity index (χ2v) is 2.95. The fourth-order valence-electron chi connectivity index (χ4n) is 0.752.